The predicted molar refractivity (Wildman–Crippen MR) is 66.0 cm³/mol. The molecule has 0 aliphatic rings. The molecule has 0 aliphatic carbocycles. The Morgan fingerprint density at radius 3 is 1.60 bits per heavy atom. The minimum absolute atomic E-state index is 0. The first-order valence-corrected chi connectivity index (χ1v) is 6.30. The maximum atomic E-state index is 11.7. The summed E-state index contributed by atoms with van der Waals surface area (Å²) < 4.78 is 26.7. The zero-order valence-corrected chi connectivity index (χ0v) is 10.5. The monoisotopic (exact) mass is 230 g/mol. The average molecular weight is 230 g/mol. The number of phosphoric ester groups is 1. The van der Waals surface area contributed by atoms with Crippen LogP contribution < -0.4 is 0 Å². The average Bonchev–Trinajstić information content (AvgIpc) is 2.11. The molecule has 0 spiro atoms. The van der Waals surface area contributed by atoms with E-state index < -0.39 is 7.82 Å². The molecular weight excluding hydrogens is 209 g/mol. The van der Waals surface area contributed by atoms with Gasteiger partial charge in [0.2, 0.25) is 0 Å². The molecule has 0 aromatic carbocycles. The Balaban J connectivity index is 0. The first kappa shape index (κ1) is 18.1. The van der Waals surface area contributed by atoms with Crippen molar-refractivity contribution in [1.82, 2.24) is 0 Å². The Kier molecular flexibility index (Phi) is 10.7. The van der Waals surface area contributed by atoms with Crippen molar-refractivity contribution < 1.29 is 18.1 Å². The fourth-order valence-corrected chi connectivity index (χ4v) is 1.87. The molecule has 0 radical (unpaired) electrons. The van der Waals surface area contributed by atoms with Crippen LogP contribution in [0.2, 0.25) is 0 Å². The Morgan fingerprint density at radius 1 is 1.07 bits per heavy atom. The maximum absolute atomic E-state index is 11.7. The van der Waals surface area contributed by atoms with Crippen molar-refractivity contribution in [2.75, 3.05) is 13.2 Å². The molecule has 7 heteroatoms. The standard InChI is InChI=1S/C8H20BO4P.Li.H/c1-7(2)5-11-14(10,13-9)12-6-8(3)4;;/h7-8H,5-6,9H2,1-4H3;;. The Hall–Kier alpha value is 0.772. The summed E-state index contributed by atoms with van der Waals surface area (Å²) in [7, 11) is -1.97. The third-order valence-electron chi connectivity index (χ3n) is 1.36. The molecule has 0 saturated heterocycles. The Bertz CT molecular complexity index is 185. The van der Waals surface area contributed by atoms with Gasteiger partial charge in [0.25, 0.3) is 8.05 Å². The van der Waals surface area contributed by atoms with Crippen LogP contribution in [0.4, 0.5) is 0 Å². The second-order valence-corrected chi connectivity index (χ2v) is 5.78. The molecule has 0 N–H and O–H groups in total. The van der Waals surface area contributed by atoms with Crippen molar-refractivity contribution in [2.24, 2.45) is 11.8 Å². The van der Waals surface area contributed by atoms with Gasteiger partial charge in [0, 0.05) is 0 Å². The molecule has 15 heavy (non-hydrogen) atoms. The normalized spacial score (nSPS) is 11.9. The van der Waals surface area contributed by atoms with Crippen LogP contribution in [-0.2, 0) is 18.1 Å². The summed E-state index contributed by atoms with van der Waals surface area (Å²) in [5, 5.41) is 0. The zero-order valence-electron chi connectivity index (χ0n) is 9.65. The van der Waals surface area contributed by atoms with E-state index in [9.17, 15) is 4.57 Å². The summed E-state index contributed by atoms with van der Waals surface area (Å²) in [6.07, 6.45) is 0. The molecule has 0 aliphatic heterocycles. The van der Waals surface area contributed by atoms with Crippen LogP contribution in [0.25, 0.3) is 0 Å². The second kappa shape index (κ2) is 8.87. The molecule has 4 nitrogen and oxygen atoms in total. The van der Waals surface area contributed by atoms with Gasteiger partial charge < -0.3 is 4.44 Å². The van der Waals surface area contributed by atoms with Gasteiger partial charge in [0.05, 0.1) is 13.2 Å². The molecule has 0 rings (SSSR count). The van der Waals surface area contributed by atoms with E-state index in [1.165, 1.54) is 8.05 Å². The molecular formula is C8H21BLiO4P. The number of rotatable bonds is 7. The van der Waals surface area contributed by atoms with Gasteiger partial charge in [-0.15, -0.1) is 0 Å². The number of phosphoric acid groups is 1. The van der Waals surface area contributed by atoms with Crippen LogP contribution >= 0.6 is 7.82 Å². The van der Waals surface area contributed by atoms with E-state index in [0.29, 0.717) is 25.0 Å². The van der Waals surface area contributed by atoms with Gasteiger partial charge in [0.1, 0.15) is 0 Å². The van der Waals surface area contributed by atoms with Crippen molar-refractivity contribution in [3.8, 4) is 0 Å². The van der Waals surface area contributed by atoms with Crippen LogP contribution in [0.15, 0.2) is 0 Å². The van der Waals surface area contributed by atoms with Crippen LogP contribution in [0, 0.1) is 11.8 Å². The predicted octanol–water partition coefficient (Wildman–Crippen LogP) is 1.36. The Morgan fingerprint density at radius 2 is 1.40 bits per heavy atom. The molecule has 0 aromatic heterocycles. The van der Waals surface area contributed by atoms with Gasteiger partial charge in [-0.1, -0.05) is 27.7 Å². The first-order chi connectivity index (χ1) is 6.39. The van der Waals surface area contributed by atoms with Gasteiger partial charge in [-0.3, -0.25) is 9.05 Å². The molecule has 0 heterocycles. The molecule has 86 valence electrons. The summed E-state index contributed by atoms with van der Waals surface area (Å²) >= 11 is 0. The van der Waals surface area contributed by atoms with Crippen molar-refractivity contribution in [3.63, 3.8) is 0 Å². The van der Waals surface area contributed by atoms with E-state index in [1.807, 2.05) is 27.7 Å². The van der Waals surface area contributed by atoms with Crippen LogP contribution in [0.3, 0.4) is 0 Å². The van der Waals surface area contributed by atoms with Crippen molar-refractivity contribution in [3.05, 3.63) is 0 Å². The first-order valence-electron chi connectivity index (χ1n) is 4.84. The minimum atomic E-state index is -3.31. The van der Waals surface area contributed by atoms with E-state index >= 15 is 0 Å². The SMILES string of the molecule is BOP(=O)(OCC(C)C)OCC(C)C.[LiH]. The molecule has 0 unspecified atom stereocenters. The van der Waals surface area contributed by atoms with Crippen molar-refractivity contribution >= 4 is 34.7 Å². The van der Waals surface area contributed by atoms with Gasteiger partial charge in [-0.05, 0) is 11.8 Å². The van der Waals surface area contributed by atoms with Gasteiger partial charge in [0.15, 0.2) is 0 Å². The van der Waals surface area contributed by atoms with Gasteiger partial charge in [-0.25, -0.2) is 4.57 Å². The second-order valence-electron chi connectivity index (χ2n) is 4.01. The molecule has 0 bridgehead atoms. The van der Waals surface area contributed by atoms with Crippen LogP contribution in [0.5, 0.6) is 0 Å². The topological polar surface area (TPSA) is 44.8 Å². The van der Waals surface area contributed by atoms with E-state index in [-0.39, 0.29) is 18.9 Å². The summed E-state index contributed by atoms with van der Waals surface area (Å²) in [5.74, 6) is 0.613. The molecule has 0 amide bonds. The molecule has 0 atom stereocenters. The molecule has 0 saturated carbocycles. The number of hydrogen-bond acceptors (Lipinski definition) is 4. The van der Waals surface area contributed by atoms with Gasteiger partial charge in [-0.2, -0.15) is 0 Å². The third-order valence-corrected chi connectivity index (χ3v) is 2.73. The summed E-state index contributed by atoms with van der Waals surface area (Å²) in [5.41, 5.74) is 0. The van der Waals surface area contributed by atoms with Crippen molar-refractivity contribution in [1.29, 1.82) is 0 Å². The van der Waals surface area contributed by atoms with Crippen LogP contribution in [-0.4, -0.2) is 40.1 Å². The quantitative estimate of drug-likeness (QED) is 0.489. The van der Waals surface area contributed by atoms with Crippen LogP contribution in [0.1, 0.15) is 27.7 Å². The summed E-state index contributed by atoms with van der Waals surface area (Å²) in [4.78, 5) is 0. The number of hydrogen-bond donors (Lipinski definition) is 0. The summed E-state index contributed by atoms with van der Waals surface area (Å²) in [6, 6.07) is 0. The summed E-state index contributed by atoms with van der Waals surface area (Å²) in [6.45, 7) is 8.65. The van der Waals surface area contributed by atoms with E-state index in [0.717, 1.165) is 0 Å². The third kappa shape index (κ3) is 9.69. The fourth-order valence-electron chi connectivity index (χ4n) is 0.623. The van der Waals surface area contributed by atoms with E-state index in [2.05, 4.69) is 0 Å². The fraction of sp³-hybridized carbons (Fsp3) is 1.00. The molecule has 0 fully saturated rings. The molecule has 0 aromatic rings. The van der Waals surface area contributed by atoms with Gasteiger partial charge >= 0.3 is 26.7 Å². The van der Waals surface area contributed by atoms with E-state index in [4.69, 9.17) is 13.5 Å². The zero-order chi connectivity index (χ0) is 11.2. The van der Waals surface area contributed by atoms with E-state index in [1.54, 1.807) is 0 Å². The van der Waals surface area contributed by atoms with Crippen molar-refractivity contribution in [2.45, 2.75) is 27.7 Å². The Labute approximate surface area is 106 Å².